The van der Waals surface area contributed by atoms with Gasteiger partial charge in [-0.2, -0.15) is 0 Å². The van der Waals surface area contributed by atoms with Gasteiger partial charge in [0.05, 0.1) is 10.7 Å². The predicted molar refractivity (Wildman–Crippen MR) is 67.5 cm³/mol. The fourth-order valence-electron chi connectivity index (χ4n) is 1.44. The molecule has 84 valence electrons. The minimum Gasteiger partial charge on any atom is -0.317 e. The Morgan fingerprint density at radius 1 is 1.60 bits per heavy atom. The van der Waals surface area contributed by atoms with Gasteiger partial charge < -0.3 is 5.32 Å². The summed E-state index contributed by atoms with van der Waals surface area (Å²) < 4.78 is 0. The van der Waals surface area contributed by atoms with Crippen LogP contribution in [0, 0.1) is 6.92 Å². The molecule has 1 rings (SSSR count). The van der Waals surface area contributed by atoms with Gasteiger partial charge in [-0.15, -0.1) is 11.3 Å². The molecule has 3 heteroatoms. The van der Waals surface area contributed by atoms with E-state index in [1.165, 1.54) is 11.3 Å². The lowest BCUT2D eigenvalue weighted by Crippen LogP contribution is -2.13. The summed E-state index contributed by atoms with van der Waals surface area (Å²) in [4.78, 5) is 4.46. The molecule has 1 aromatic rings. The molecule has 0 radical (unpaired) electrons. The van der Waals surface area contributed by atoms with Crippen LogP contribution in [-0.4, -0.2) is 18.1 Å². The molecule has 1 heterocycles. The lowest BCUT2D eigenvalue weighted by Gasteiger charge is -2.00. The zero-order valence-corrected chi connectivity index (χ0v) is 10.7. The van der Waals surface area contributed by atoms with Gasteiger partial charge in [0.25, 0.3) is 0 Å². The average molecular weight is 224 g/mol. The Balaban J connectivity index is 2.31. The van der Waals surface area contributed by atoms with Crippen LogP contribution in [0.1, 0.15) is 31.0 Å². The molecule has 0 aromatic carbocycles. The molecule has 0 spiro atoms. The first-order chi connectivity index (χ1) is 7.22. The number of aromatic nitrogens is 1. The highest BCUT2D eigenvalue weighted by Crippen LogP contribution is 2.12. The zero-order valence-electron chi connectivity index (χ0n) is 9.84. The monoisotopic (exact) mass is 224 g/mol. The standard InChI is InChI=1S/C12H20N2S/c1-4-13-7-5-6-10(2)8-12-9-15-11(3)14-12/h6,9,13H,4-5,7-8H2,1-3H3. The van der Waals surface area contributed by atoms with Gasteiger partial charge in [-0.3, -0.25) is 0 Å². The average Bonchev–Trinajstić information content (AvgIpc) is 2.59. The Labute approximate surface area is 96.4 Å². The second kappa shape index (κ2) is 6.75. The molecule has 0 aliphatic carbocycles. The van der Waals surface area contributed by atoms with Crippen molar-refractivity contribution in [2.75, 3.05) is 13.1 Å². The van der Waals surface area contributed by atoms with Crippen molar-refractivity contribution in [3.05, 3.63) is 27.7 Å². The Hall–Kier alpha value is -0.670. The van der Waals surface area contributed by atoms with Crippen molar-refractivity contribution in [3.63, 3.8) is 0 Å². The van der Waals surface area contributed by atoms with Crippen molar-refractivity contribution in [1.82, 2.24) is 10.3 Å². The third-order valence-corrected chi connectivity index (χ3v) is 3.01. The third-order valence-electron chi connectivity index (χ3n) is 2.19. The molecule has 0 aliphatic heterocycles. The first-order valence-corrected chi connectivity index (χ1v) is 6.37. The van der Waals surface area contributed by atoms with Crippen LogP contribution < -0.4 is 5.32 Å². The first kappa shape index (κ1) is 12.4. The van der Waals surface area contributed by atoms with Crippen LogP contribution in [0.3, 0.4) is 0 Å². The number of allylic oxidation sites excluding steroid dienone is 1. The van der Waals surface area contributed by atoms with Gasteiger partial charge in [0, 0.05) is 11.8 Å². The number of aryl methyl sites for hydroxylation is 1. The molecule has 0 saturated carbocycles. The van der Waals surface area contributed by atoms with Gasteiger partial charge in [0.1, 0.15) is 0 Å². The van der Waals surface area contributed by atoms with Gasteiger partial charge in [0.15, 0.2) is 0 Å². The van der Waals surface area contributed by atoms with Gasteiger partial charge in [-0.1, -0.05) is 18.6 Å². The lowest BCUT2D eigenvalue weighted by atomic mass is 10.1. The maximum absolute atomic E-state index is 4.46. The number of nitrogens with one attached hydrogen (secondary N) is 1. The molecule has 0 saturated heterocycles. The van der Waals surface area contributed by atoms with Gasteiger partial charge in [-0.05, 0) is 33.4 Å². The van der Waals surface area contributed by atoms with Crippen molar-refractivity contribution < 1.29 is 0 Å². The fourth-order valence-corrected chi connectivity index (χ4v) is 2.06. The molecule has 15 heavy (non-hydrogen) atoms. The van der Waals surface area contributed by atoms with Crippen molar-refractivity contribution in [2.24, 2.45) is 0 Å². The minimum atomic E-state index is 0.996. The molecular formula is C12H20N2S. The summed E-state index contributed by atoms with van der Waals surface area (Å²) in [6.07, 6.45) is 4.41. The summed E-state index contributed by atoms with van der Waals surface area (Å²) in [5, 5.41) is 6.62. The van der Waals surface area contributed by atoms with E-state index in [0.717, 1.165) is 30.9 Å². The SMILES string of the molecule is CCNCCC=C(C)Cc1csc(C)n1. The second-order valence-corrected chi connectivity index (χ2v) is 4.79. The third kappa shape index (κ3) is 5.09. The number of rotatable bonds is 6. The van der Waals surface area contributed by atoms with E-state index < -0.39 is 0 Å². The van der Waals surface area contributed by atoms with Gasteiger partial charge in [-0.25, -0.2) is 4.98 Å². The second-order valence-electron chi connectivity index (χ2n) is 3.73. The van der Waals surface area contributed by atoms with E-state index in [4.69, 9.17) is 0 Å². The Morgan fingerprint density at radius 3 is 3.00 bits per heavy atom. The Bertz CT molecular complexity index is 315. The van der Waals surface area contributed by atoms with Crippen LogP contribution in [0.4, 0.5) is 0 Å². The van der Waals surface area contributed by atoms with Gasteiger partial charge in [0.2, 0.25) is 0 Å². The van der Waals surface area contributed by atoms with E-state index in [2.05, 4.69) is 42.5 Å². The molecule has 0 fully saturated rings. The molecular weight excluding hydrogens is 204 g/mol. The summed E-state index contributed by atoms with van der Waals surface area (Å²) in [6, 6.07) is 0. The highest BCUT2D eigenvalue weighted by atomic mass is 32.1. The molecule has 0 amide bonds. The van der Waals surface area contributed by atoms with E-state index >= 15 is 0 Å². The van der Waals surface area contributed by atoms with Crippen LogP contribution in [0.25, 0.3) is 0 Å². The number of nitrogens with zero attached hydrogens (tertiary/aromatic N) is 1. The maximum atomic E-state index is 4.46. The quantitative estimate of drug-likeness (QED) is 0.593. The predicted octanol–water partition coefficient (Wildman–Crippen LogP) is 2.94. The molecule has 0 bridgehead atoms. The minimum absolute atomic E-state index is 0.996. The molecule has 1 aromatic heterocycles. The van der Waals surface area contributed by atoms with Crippen LogP contribution >= 0.6 is 11.3 Å². The van der Waals surface area contributed by atoms with E-state index in [0.29, 0.717) is 0 Å². The highest BCUT2D eigenvalue weighted by Gasteiger charge is 1.98. The smallest absolute Gasteiger partial charge is 0.0897 e. The van der Waals surface area contributed by atoms with Gasteiger partial charge >= 0.3 is 0 Å². The van der Waals surface area contributed by atoms with E-state index in [-0.39, 0.29) is 0 Å². The normalized spacial score (nSPS) is 12.1. The van der Waals surface area contributed by atoms with Crippen LogP contribution in [0.2, 0.25) is 0 Å². The van der Waals surface area contributed by atoms with Crippen molar-refractivity contribution in [1.29, 1.82) is 0 Å². The lowest BCUT2D eigenvalue weighted by molar-refractivity contribution is 0.724. The van der Waals surface area contributed by atoms with Crippen LogP contribution in [-0.2, 0) is 6.42 Å². The zero-order chi connectivity index (χ0) is 11.1. The first-order valence-electron chi connectivity index (χ1n) is 5.49. The van der Waals surface area contributed by atoms with E-state index in [1.54, 1.807) is 11.3 Å². The molecule has 0 atom stereocenters. The summed E-state index contributed by atoms with van der Waals surface area (Å²) in [5.41, 5.74) is 2.62. The highest BCUT2D eigenvalue weighted by molar-refractivity contribution is 7.09. The van der Waals surface area contributed by atoms with Crippen LogP contribution in [0.5, 0.6) is 0 Å². The van der Waals surface area contributed by atoms with Crippen molar-refractivity contribution in [2.45, 2.75) is 33.6 Å². The largest absolute Gasteiger partial charge is 0.317 e. The summed E-state index contributed by atoms with van der Waals surface area (Å²) >= 11 is 1.73. The van der Waals surface area contributed by atoms with Crippen molar-refractivity contribution >= 4 is 11.3 Å². The molecule has 0 aliphatic rings. The number of hydrogen-bond acceptors (Lipinski definition) is 3. The summed E-state index contributed by atoms with van der Waals surface area (Å²) in [5.74, 6) is 0. The number of hydrogen-bond donors (Lipinski definition) is 1. The molecule has 0 unspecified atom stereocenters. The van der Waals surface area contributed by atoms with E-state index in [1.807, 2.05) is 0 Å². The molecule has 2 nitrogen and oxygen atoms in total. The summed E-state index contributed by atoms with van der Waals surface area (Å²) in [7, 11) is 0. The van der Waals surface area contributed by atoms with Crippen molar-refractivity contribution in [3.8, 4) is 0 Å². The maximum Gasteiger partial charge on any atom is 0.0897 e. The fraction of sp³-hybridized carbons (Fsp3) is 0.583. The van der Waals surface area contributed by atoms with E-state index in [9.17, 15) is 0 Å². The Morgan fingerprint density at radius 2 is 2.40 bits per heavy atom. The summed E-state index contributed by atoms with van der Waals surface area (Å²) in [6.45, 7) is 8.50. The topological polar surface area (TPSA) is 24.9 Å². The number of thiazole rings is 1. The Kier molecular flexibility index (Phi) is 5.58. The van der Waals surface area contributed by atoms with Crippen LogP contribution in [0.15, 0.2) is 17.0 Å². The molecule has 1 N–H and O–H groups in total.